The summed E-state index contributed by atoms with van der Waals surface area (Å²) >= 11 is 0. The van der Waals surface area contributed by atoms with Crippen LogP contribution in [-0.4, -0.2) is 71.3 Å². The first-order valence-corrected chi connectivity index (χ1v) is 8.58. The Morgan fingerprint density at radius 3 is 2.52 bits per heavy atom. The van der Waals surface area contributed by atoms with Crippen molar-refractivity contribution in [2.75, 3.05) is 20.1 Å². The minimum Gasteiger partial charge on any atom is -0.475 e. The number of hydrogen-bond acceptors (Lipinski definition) is 5. The second-order valence-electron chi connectivity index (χ2n) is 6.55. The second-order valence-corrected chi connectivity index (χ2v) is 6.55. The molecule has 12 heteroatoms. The molecule has 2 aliphatic rings. The molecule has 2 fully saturated rings. The summed E-state index contributed by atoms with van der Waals surface area (Å²) in [5.41, 5.74) is 0.300. The van der Waals surface area contributed by atoms with E-state index in [0.717, 1.165) is 12.5 Å². The first-order valence-electron chi connectivity index (χ1n) is 8.58. The number of carboxylic acid groups (broad SMARTS) is 1. The van der Waals surface area contributed by atoms with E-state index in [1.54, 1.807) is 11.9 Å². The Morgan fingerprint density at radius 2 is 2.00 bits per heavy atom. The highest BCUT2D eigenvalue weighted by Crippen LogP contribution is 2.34. The van der Waals surface area contributed by atoms with Crippen LogP contribution < -0.4 is 5.32 Å². The van der Waals surface area contributed by atoms with E-state index in [-0.39, 0.29) is 29.9 Å². The van der Waals surface area contributed by atoms with Gasteiger partial charge in [0.1, 0.15) is 0 Å². The third kappa shape index (κ3) is 6.11. The van der Waals surface area contributed by atoms with Gasteiger partial charge in [-0.3, -0.25) is 9.59 Å². The van der Waals surface area contributed by atoms with Crippen LogP contribution in [-0.2, 0) is 14.3 Å². The molecular weight excluding hydrogens is 402 g/mol. The van der Waals surface area contributed by atoms with Crippen LogP contribution in [0.25, 0.3) is 0 Å². The molecule has 3 rings (SSSR count). The van der Waals surface area contributed by atoms with Gasteiger partial charge >= 0.3 is 12.1 Å². The summed E-state index contributed by atoms with van der Waals surface area (Å²) in [6, 6.07) is 2.65. The molecule has 0 saturated carbocycles. The number of ether oxygens (including phenoxy) is 1. The van der Waals surface area contributed by atoms with Crippen LogP contribution in [0.3, 0.4) is 0 Å². The molecule has 0 radical (unpaired) electrons. The zero-order chi connectivity index (χ0) is 21.8. The van der Waals surface area contributed by atoms with Gasteiger partial charge in [-0.2, -0.15) is 17.6 Å². The SMILES string of the molecule is CNC(=O)C[C@@H]1C[C@H]2CN(C(=O)c3ccnc(F)c3)C[C@H]2O1.O=C(O)C(F)(F)F. The molecule has 160 valence electrons. The summed E-state index contributed by atoms with van der Waals surface area (Å²) in [6.45, 7) is 1.06. The number of amides is 2. The molecule has 1 aromatic rings. The van der Waals surface area contributed by atoms with E-state index >= 15 is 0 Å². The van der Waals surface area contributed by atoms with Gasteiger partial charge in [0.05, 0.1) is 18.6 Å². The number of likely N-dealkylation sites (tertiary alicyclic amines) is 1. The van der Waals surface area contributed by atoms with Crippen molar-refractivity contribution in [2.24, 2.45) is 5.92 Å². The summed E-state index contributed by atoms with van der Waals surface area (Å²) in [6.07, 6.45) is -2.79. The van der Waals surface area contributed by atoms with Crippen LogP contribution in [0.15, 0.2) is 18.3 Å². The molecule has 2 N–H and O–H groups in total. The van der Waals surface area contributed by atoms with Gasteiger partial charge in [-0.05, 0) is 12.5 Å². The number of aliphatic carboxylic acids is 1. The summed E-state index contributed by atoms with van der Waals surface area (Å²) < 4.78 is 50.7. The lowest BCUT2D eigenvalue weighted by Crippen LogP contribution is -2.32. The predicted molar refractivity (Wildman–Crippen MR) is 89.2 cm³/mol. The lowest BCUT2D eigenvalue weighted by atomic mass is 10.0. The Labute approximate surface area is 162 Å². The summed E-state index contributed by atoms with van der Waals surface area (Å²) in [4.78, 5) is 37.8. The smallest absolute Gasteiger partial charge is 0.475 e. The summed E-state index contributed by atoms with van der Waals surface area (Å²) in [7, 11) is 1.60. The molecule has 2 amide bonds. The lowest BCUT2D eigenvalue weighted by molar-refractivity contribution is -0.192. The molecule has 8 nitrogen and oxygen atoms in total. The summed E-state index contributed by atoms with van der Waals surface area (Å²) in [5.74, 6) is -3.42. The second kappa shape index (κ2) is 9.16. The zero-order valence-corrected chi connectivity index (χ0v) is 15.3. The van der Waals surface area contributed by atoms with E-state index in [1.807, 2.05) is 0 Å². The summed E-state index contributed by atoms with van der Waals surface area (Å²) in [5, 5.41) is 9.71. The van der Waals surface area contributed by atoms with E-state index < -0.39 is 18.1 Å². The van der Waals surface area contributed by atoms with Crippen LogP contribution in [0.4, 0.5) is 17.6 Å². The standard InChI is InChI=1S/C15H18FN3O3.C2HF3O2/c1-17-14(20)6-11-4-10-7-19(8-12(10)22-11)15(21)9-2-3-18-13(16)5-9;3-2(4,5)1(6)7/h2-3,5,10-12H,4,6-8H2,1H3,(H,17,20);(H,6,7)/t10-,11-,12+;/m0./s1. The number of carboxylic acids is 1. The Kier molecular flexibility index (Phi) is 7.11. The highest BCUT2D eigenvalue weighted by molar-refractivity contribution is 5.94. The third-order valence-corrected chi connectivity index (χ3v) is 4.51. The van der Waals surface area contributed by atoms with E-state index in [9.17, 15) is 27.2 Å². The Morgan fingerprint density at radius 1 is 1.34 bits per heavy atom. The van der Waals surface area contributed by atoms with Gasteiger partial charge in [0.2, 0.25) is 11.9 Å². The molecule has 2 saturated heterocycles. The fourth-order valence-electron chi connectivity index (χ4n) is 3.19. The average molecular weight is 421 g/mol. The number of halogens is 4. The number of aromatic nitrogens is 1. The van der Waals surface area contributed by atoms with Crippen molar-refractivity contribution in [1.29, 1.82) is 0 Å². The fourth-order valence-corrected chi connectivity index (χ4v) is 3.19. The maximum absolute atomic E-state index is 13.1. The number of fused-ring (bicyclic) bond motifs is 1. The fraction of sp³-hybridized carbons (Fsp3) is 0.529. The van der Waals surface area contributed by atoms with Crippen LogP contribution in [0.5, 0.6) is 0 Å². The molecule has 2 aliphatic heterocycles. The number of pyridine rings is 1. The Balaban J connectivity index is 0.000000370. The molecule has 0 spiro atoms. The van der Waals surface area contributed by atoms with Gasteiger partial charge in [-0.1, -0.05) is 0 Å². The molecule has 3 heterocycles. The number of alkyl halides is 3. The maximum atomic E-state index is 13.1. The lowest BCUT2D eigenvalue weighted by Gasteiger charge is -2.19. The maximum Gasteiger partial charge on any atom is 0.490 e. The third-order valence-electron chi connectivity index (χ3n) is 4.51. The minimum atomic E-state index is -5.08. The first kappa shape index (κ1) is 22.5. The number of nitrogens with one attached hydrogen (secondary N) is 1. The van der Waals surface area contributed by atoms with Gasteiger partial charge in [0.25, 0.3) is 5.91 Å². The zero-order valence-electron chi connectivity index (χ0n) is 15.3. The number of carbonyl (C=O) groups excluding carboxylic acids is 2. The largest absolute Gasteiger partial charge is 0.490 e. The van der Waals surface area contributed by atoms with E-state index in [1.165, 1.54) is 12.3 Å². The van der Waals surface area contributed by atoms with E-state index in [2.05, 4.69) is 10.3 Å². The molecule has 29 heavy (non-hydrogen) atoms. The van der Waals surface area contributed by atoms with Gasteiger partial charge in [0.15, 0.2) is 0 Å². The van der Waals surface area contributed by atoms with Gasteiger partial charge < -0.3 is 20.1 Å². The van der Waals surface area contributed by atoms with Crippen molar-refractivity contribution in [3.63, 3.8) is 0 Å². The molecule has 0 aromatic carbocycles. The molecule has 1 aromatic heterocycles. The molecular formula is C17H19F4N3O5. The van der Waals surface area contributed by atoms with Crippen molar-refractivity contribution in [3.05, 3.63) is 29.8 Å². The van der Waals surface area contributed by atoms with E-state index in [4.69, 9.17) is 14.6 Å². The van der Waals surface area contributed by atoms with Crippen molar-refractivity contribution < 1.29 is 41.8 Å². The molecule has 0 aliphatic carbocycles. The molecule has 3 atom stereocenters. The minimum absolute atomic E-state index is 0.0368. The quantitative estimate of drug-likeness (QED) is 0.561. The van der Waals surface area contributed by atoms with Crippen LogP contribution in [0.1, 0.15) is 23.2 Å². The Bertz CT molecular complexity index is 760. The molecule has 0 bridgehead atoms. The van der Waals surface area contributed by atoms with Gasteiger partial charge in [-0.25, -0.2) is 9.78 Å². The van der Waals surface area contributed by atoms with Crippen molar-refractivity contribution in [2.45, 2.75) is 31.2 Å². The topological polar surface area (TPSA) is 109 Å². The number of rotatable bonds is 3. The van der Waals surface area contributed by atoms with Crippen molar-refractivity contribution >= 4 is 17.8 Å². The van der Waals surface area contributed by atoms with Gasteiger partial charge in [0, 0.05) is 43.9 Å². The first-order chi connectivity index (χ1) is 13.5. The number of nitrogens with zero attached hydrogens (tertiary/aromatic N) is 2. The van der Waals surface area contributed by atoms with Crippen molar-refractivity contribution in [1.82, 2.24) is 15.2 Å². The van der Waals surface area contributed by atoms with Crippen LogP contribution in [0.2, 0.25) is 0 Å². The van der Waals surface area contributed by atoms with E-state index in [0.29, 0.717) is 25.1 Å². The monoisotopic (exact) mass is 421 g/mol. The number of carbonyl (C=O) groups is 3. The predicted octanol–water partition coefficient (Wildman–Crippen LogP) is 1.22. The molecule has 0 unspecified atom stereocenters. The van der Waals surface area contributed by atoms with Crippen LogP contribution >= 0.6 is 0 Å². The normalized spacial score (nSPS) is 23.1. The average Bonchev–Trinajstić information content (AvgIpc) is 3.19. The van der Waals surface area contributed by atoms with Gasteiger partial charge in [-0.15, -0.1) is 0 Å². The number of hydrogen-bond donors (Lipinski definition) is 2. The van der Waals surface area contributed by atoms with Crippen molar-refractivity contribution in [3.8, 4) is 0 Å². The van der Waals surface area contributed by atoms with Crippen LogP contribution in [0, 0.1) is 11.9 Å². The Hall–Kier alpha value is -2.76. The highest BCUT2D eigenvalue weighted by Gasteiger charge is 2.44. The highest BCUT2D eigenvalue weighted by atomic mass is 19.4.